The van der Waals surface area contributed by atoms with Gasteiger partial charge in [-0.3, -0.25) is 4.79 Å². The van der Waals surface area contributed by atoms with E-state index in [0.29, 0.717) is 17.9 Å². The highest BCUT2D eigenvalue weighted by atomic mass is 16.5. The number of nitrogens with zero attached hydrogens (tertiary/aromatic N) is 1. The maximum absolute atomic E-state index is 12.4. The number of nitrogens with one attached hydrogen (secondary N) is 2. The lowest BCUT2D eigenvalue weighted by Gasteiger charge is -2.09. The quantitative estimate of drug-likeness (QED) is 0.598. The molecule has 5 nitrogen and oxygen atoms in total. The second-order valence-electron chi connectivity index (χ2n) is 6.45. The van der Waals surface area contributed by atoms with Gasteiger partial charge in [0.05, 0.1) is 7.11 Å². The van der Waals surface area contributed by atoms with Crippen LogP contribution in [0.3, 0.4) is 0 Å². The minimum absolute atomic E-state index is 0.0865. The summed E-state index contributed by atoms with van der Waals surface area (Å²) < 4.78 is 5.17. The van der Waals surface area contributed by atoms with Crippen LogP contribution >= 0.6 is 0 Å². The summed E-state index contributed by atoms with van der Waals surface area (Å²) in [6, 6.07) is 21.6. The van der Waals surface area contributed by atoms with Gasteiger partial charge in [0.1, 0.15) is 11.6 Å². The fourth-order valence-electron chi connectivity index (χ4n) is 2.86. The smallest absolute Gasteiger partial charge is 0.251 e. The van der Waals surface area contributed by atoms with Crippen molar-refractivity contribution in [3.63, 3.8) is 0 Å². The molecule has 2 aromatic carbocycles. The lowest BCUT2D eigenvalue weighted by atomic mass is 10.1. The Morgan fingerprint density at radius 2 is 1.64 bits per heavy atom. The Balaban J connectivity index is 1.46. The number of aromatic nitrogens is 1. The Bertz CT molecular complexity index is 880. The van der Waals surface area contributed by atoms with Gasteiger partial charge in [0.15, 0.2) is 0 Å². The molecule has 3 aromatic rings. The summed E-state index contributed by atoms with van der Waals surface area (Å²) in [7, 11) is 1.66. The molecule has 1 amide bonds. The fraction of sp³-hybridized carbons (Fsp3) is 0.217. The first-order valence-electron chi connectivity index (χ1n) is 9.39. The van der Waals surface area contributed by atoms with Crippen molar-refractivity contribution in [1.82, 2.24) is 10.3 Å². The first-order valence-corrected chi connectivity index (χ1v) is 9.39. The van der Waals surface area contributed by atoms with Crippen LogP contribution in [-0.2, 0) is 12.8 Å². The van der Waals surface area contributed by atoms with Gasteiger partial charge in [-0.15, -0.1) is 0 Å². The van der Waals surface area contributed by atoms with E-state index < -0.39 is 0 Å². The van der Waals surface area contributed by atoms with E-state index in [1.165, 1.54) is 11.1 Å². The molecule has 1 heterocycles. The first kappa shape index (κ1) is 19.4. The van der Waals surface area contributed by atoms with Crippen LogP contribution in [0, 0.1) is 0 Å². The second kappa shape index (κ2) is 10.1. The van der Waals surface area contributed by atoms with E-state index in [9.17, 15) is 4.79 Å². The van der Waals surface area contributed by atoms with Gasteiger partial charge in [0, 0.05) is 24.8 Å². The van der Waals surface area contributed by atoms with Gasteiger partial charge < -0.3 is 15.4 Å². The van der Waals surface area contributed by atoms with Crippen LogP contribution in [0.2, 0.25) is 0 Å². The van der Waals surface area contributed by atoms with Crippen molar-refractivity contribution in [2.45, 2.75) is 12.8 Å². The van der Waals surface area contributed by atoms with Gasteiger partial charge in [-0.2, -0.15) is 0 Å². The Morgan fingerprint density at radius 3 is 2.39 bits per heavy atom. The van der Waals surface area contributed by atoms with Gasteiger partial charge in [-0.25, -0.2) is 4.98 Å². The summed E-state index contributed by atoms with van der Waals surface area (Å²) >= 11 is 0. The van der Waals surface area contributed by atoms with Crippen molar-refractivity contribution >= 4 is 11.7 Å². The average Bonchev–Trinajstić information content (AvgIpc) is 2.75. The Labute approximate surface area is 165 Å². The predicted molar refractivity (Wildman–Crippen MR) is 112 cm³/mol. The molecule has 0 aliphatic heterocycles. The van der Waals surface area contributed by atoms with Gasteiger partial charge in [0.25, 0.3) is 5.91 Å². The number of carbonyl (C=O) groups excluding carboxylic acids is 1. The van der Waals surface area contributed by atoms with E-state index in [1.807, 2.05) is 42.5 Å². The molecule has 1 aromatic heterocycles. The summed E-state index contributed by atoms with van der Waals surface area (Å²) in [5.41, 5.74) is 3.02. The molecule has 0 aliphatic rings. The van der Waals surface area contributed by atoms with Crippen LogP contribution in [0.25, 0.3) is 0 Å². The van der Waals surface area contributed by atoms with Crippen molar-refractivity contribution in [2.75, 3.05) is 25.5 Å². The molecule has 0 bridgehead atoms. The van der Waals surface area contributed by atoms with Crippen LogP contribution in [0.15, 0.2) is 72.9 Å². The van der Waals surface area contributed by atoms with Crippen molar-refractivity contribution < 1.29 is 9.53 Å². The molecule has 0 fully saturated rings. The molecule has 144 valence electrons. The highest BCUT2D eigenvalue weighted by molar-refractivity contribution is 5.94. The number of anilines is 1. The molecule has 0 radical (unpaired) electrons. The number of pyridine rings is 1. The molecule has 0 saturated carbocycles. The summed E-state index contributed by atoms with van der Waals surface area (Å²) in [6.45, 7) is 1.34. The van der Waals surface area contributed by atoms with Gasteiger partial charge in [-0.05, 0) is 48.2 Å². The molecule has 0 saturated heterocycles. The van der Waals surface area contributed by atoms with Crippen LogP contribution in [0.1, 0.15) is 21.5 Å². The largest absolute Gasteiger partial charge is 0.497 e. The van der Waals surface area contributed by atoms with Crippen molar-refractivity contribution in [3.05, 3.63) is 89.6 Å². The molecule has 0 aliphatic carbocycles. The molecule has 0 atom stereocenters. The molecule has 3 rings (SSSR count). The van der Waals surface area contributed by atoms with Gasteiger partial charge >= 0.3 is 0 Å². The van der Waals surface area contributed by atoms with Crippen molar-refractivity contribution in [1.29, 1.82) is 0 Å². The first-order chi connectivity index (χ1) is 13.7. The zero-order chi connectivity index (χ0) is 19.6. The van der Waals surface area contributed by atoms with Crippen LogP contribution in [-0.4, -0.2) is 31.1 Å². The zero-order valence-electron chi connectivity index (χ0n) is 16.0. The summed E-state index contributed by atoms with van der Waals surface area (Å²) in [5.74, 6) is 1.46. The number of methoxy groups -OCH3 is 1. The Hall–Kier alpha value is -3.34. The molecular weight excluding hydrogens is 350 g/mol. The van der Waals surface area contributed by atoms with Crippen LogP contribution < -0.4 is 15.4 Å². The highest BCUT2D eigenvalue weighted by Crippen LogP contribution is 2.12. The zero-order valence-corrected chi connectivity index (χ0v) is 16.0. The Kier molecular flexibility index (Phi) is 7.01. The van der Waals surface area contributed by atoms with Gasteiger partial charge in [0.2, 0.25) is 0 Å². The maximum atomic E-state index is 12.4. The van der Waals surface area contributed by atoms with Gasteiger partial charge in [-0.1, -0.05) is 42.5 Å². The predicted octanol–water partition coefficient (Wildman–Crippen LogP) is 3.72. The third-order valence-electron chi connectivity index (χ3n) is 4.44. The van der Waals surface area contributed by atoms with Crippen LogP contribution in [0.4, 0.5) is 5.82 Å². The molecule has 0 unspecified atom stereocenters. The molecule has 2 N–H and O–H groups in total. The number of hydrogen-bond donors (Lipinski definition) is 2. The van der Waals surface area contributed by atoms with Crippen LogP contribution in [0.5, 0.6) is 5.75 Å². The summed E-state index contributed by atoms with van der Waals surface area (Å²) in [4.78, 5) is 16.7. The van der Waals surface area contributed by atoms with Crippen molar-refractivity contribution in [3.8, 4) is 5.75 Å². The van der Waals surface area contributed by atoms with Crippen molar-refractivity contribution in [2.24, 2.45) is 0 Å². The monoisotopic (exact) mass is 375 g/mol. The van der Waals surface area contributed by atoms with E-state index in [1.54, 1.807) is 25.4 Å². The van der Waals surface area contributed by atoms with E-state index in [4.69, 9.17) is 4.74 Å². The van der Waals surface area contributed by atoms with E-state index in [2.05, 4.69) is 27.8 Å². The third kappa shape index (κ3) is 5.84. The minimum Gasteiger partial charge on any atom is -0.497 e. The average molecular weight is 375 g/mol. The Morgan fingerprint density at radius 1 is 0.929 bits per heavy atom. The number of amides is 1. The molecule has 0 spiro atoms. The standard InChI is InChI=1S/C23H25N3O2/c1-28-21-9-7-19(8-10-21)11-14-24-22-17-20(13-16-25-22)23(27)26-15-12-18-5-3-2-4-6-18/h2-10,13,16-17H,11-12,14-15H2,1H3,(H,24,25)(H,26,27). The number of carbonyl (C=O) groups is 1. The maximum Gasteiger partial charge on any atom is 0.251 e. The third-order valence-corrected chi connectivity index (χ3v) is 4.44. The molecule has 28 heavy (non-hydrogen) atoms. The summed E-state index contributed by atoms with van der Waals surface area (Å²) in [5, 5.41) is 6.24. The SMILES string of the molecule is COc1ccc(CCNc2cc(C(=O)NCCc3ccccc3)ccn2)cc1. The highest BCUT2D eigenvalue weighted by Gasteiger charge is 2.06. The number of hydrogen-bond acceptors (Lipinski definition) is 4. The normalized spacial score (nSPS) is 10.3. The lowest BCUT2D eigenvalue weighted by molar-refractivity contribution is 0.0954. The second-order valence-corrected chi connectivity index (χ2v) is 6.45. The molecule has 5 heteroatoms. The topological polar surface area (TPSA) is 63.2 Å². The number of rotatable bonds is 9. The number of ether oxygens (including phenoxy) is 1. The lowest BCUT2D eigenvalue weighted by Crippen LogP contribution is -2.25. The number of benzene rings is 2. The fourth-order valence-corrected chi connectivity index (χ4v) is 2.86. The minimum atomic E-state index is -0.0865. The van der Waals surface area contributed by atoms with E-state index in [0.717, 1.165) is 25.1 Å². The molecular formula is C23H25N3O2. The van der Waals surface area contributed by atoms with E-state index >= 15 is 0 Å². The summed E-state index contributed by atoms with van der Waals surface area (Å²) in [6.07, 6.45) is 3.33. The van der Waals surface area contributed by atoms with E-state index in [-0.39, 0.29) is 5.91 Å².